The van der Waals surface area contributed by atoms with Gasteiger partial charge in [-0.1, -0.05) is 62.6 Å². The molecular formula is C33H38N2O8S. The van der Waals surface area contributed by atoms with Crippen LogP contribution in [0.3, 0.4) is 0 Å². The number of Topliss-reactive ketones (excluding diaryl/α,β-unsaturated/α-hetero) is 1. The van der Waals surface area contributed by atoms with Gasteiger partial charge in [0.25, 0.3) is 5.78 Å². The van der Waals surface area contributed by atoms with Crippen LogP contribution in [0.4, 0.5) is 5.13 Å². The third-order valence-corrected chi connectivity index (χ3v) is 8.33. The standard InChI is InChI=1S/C33H38N2O8S/c1-6-8-10-17-43-24-15-14-21(19-25(24)40-4)27-26(28(36)22-12-11-13-23(18-22)42-16-9-7-2)29(37)31(38)35(27)33-34-20(3)30(44-33)32(39)41-5/h11-15,18-19,27,36H,6-10,16-17H2,1-5H3/b28-26+. The fourth-order valence-electron chi connectivity index (χ4n) is 4.84. The number of nitrogens with zero attached hydrogens (tertiary/aromatic N) is 2. The zero-order chi connectivity index (χ0) is 31.8. The highest BCUT2D eigenvalue weighted by Gasteiger charge is 2.48. The lowest BCUT2D eigenvalue weighted by molar-refractivity contribution is -0.132. The van der Waals surface area contributed by atoms with Gasteiger partial charge in [0.2, 0.25) is 0 Å². The van der Waals surface area contributed by atoms with E-state index in [0.29, 0.717) is 47.3 Å². The molecule has 0 saturated carbocycles. The number of hydrogen-bond donors (Lipinski definition) is 1. The van der Waals surface area contributed by atoms with E-state index in [1.807, 2.05) is 0 Å². The topological polar surface area (TPSA) is 124 Å². The molecule has 1 aromatic heterocycles. The number of amides is 1. The molecule has 44 heavy (non-hydrogen) atoms. The number of aliphatic hydroxyl groups is 1. The highest BCUT2D eigenvalue weighted by Crippen LogP contribution is 2.45. The van der Waals surface area contributed by atoms with Crippen molar-refractivity contribution < 1.29 is 38.4 Å². The maximum absolute atomic E-state index is 13.7. The van der Waals surface area contributed by atoms with Gasteiger partial charge in [-0.3, -0.25) is 14.5 Å². The Kier molecular flexibility index (Phi) is 11.0. The summed E-state index contributed by atoms with van der Waals surface area (Å²) in [6.07, 6.45) is 4.79. The molecule has 1 saturated heterocycles. The number of esters is 1. The van der Waals surface area contributed by atoms with Gasteiger partial charge in [-0.05, 0) is 49.6 Å². The van der Waals surface area contributed by atoms with Crippen molar-refractivity contribution in [1.29, 1.82) is 0 Å². The average molecular weight is 623 g/mol. The van der Waals surface area contributed by atoms with Crippen LogP contribution in [-0.4, -0.2) is 55.2 Å². The fourth-order valence-corrected chi connectivity index (χ4v) is 5.86. The fraction of sp³-hybridized carbons (Fsp3) is 0.394. The number of carbonyl (C=O) groups is 3. The third kappa shape index (κ3) is 6.88. The first kappa shape index (κ1) is 32.5. The van der Waals surface area contributed by atoms with Crippen LogP contribution in [0.2, 0.25) is 0 Å². The summed E-state index contributed by atoms with van der Waals surface area (Å²) in [5, 5.41) is 11.7. The average Bonchev–Trinajstić information content (AvgIpc) is 3.54. The van der Waals surface area contributed by atoms with Crippen LogP contribution in [0, 0.1) is 6.92 Å². The number of aliphatic hydroxyl groups excluding tert-OH is 1. The molecule has 1 atom stereocenters. The number of thiazole rings is 1. The van der Waals surface area contributed by atoms with E-state index in [0.717, 1.165) is 43.4 Å². The number of benzene rings is 2. The molecule has 0 bridgehead atoms. The largest absolute Gasteiger partial charge is 0.507 e. The van der Waals surface area contributed by atoms with Crippen LogP contribution in [0.25, 0.3) is 5.76 Å². The van der Waals surface area contributed by atoms with Crippen molar-refractivity contribution in [3.63, 3.8) is 0 Å². The predicted molar refractivity (Wildman–Crippen MR) is 168 cm³/mol. The maximum Gasteiger partial charge on any atom is 0.350 e. The molecule has 0 aliphatic carbocycles. The lowest BCUT2D eigenvalue weighted by atomic mass is 9.95. The second kappa shape index (κ2) is 14.9. The summed E-state index contributed by atoms with van der Waals surface area (Å²) in [6, 6.07) is 10.8. The summed E-state index contributed by atoms with van der Waals surface area (Å²) >= 11 is 0.933. The van der Waals surface area contributed by atoms with E-state index >= 15 is 0 Å². The van der Waals surface area contributed by atoms with Crippen molar-refractivity contribution in [3.8, 4) is 17.2 Å². The minimum atomic E-state index is -1.08. The van der Waals surface area contributed by atoms with Crippen LogP contribution in [0.1, 0.15) is 78.5 Å². The number of anilines is 1. The highest BCUT2D eigenvalue weighted by atomic mass is 32.1. The molecule has 0 spiro atoms. The van der Waals surface area contributed by atoms with Crippen LogP contribution in [-0.2, 0) is 14.3 Å². The quantitative estimate of drug-likeness (QED) is 0.0694. The number of rotatable bonds is 14. The molecule has 1 amide bonds. The Morgan fingerprint density at radius 2 is 1.73 bits per heavy atom. The van der Waals surface area contributed by atoms with Crippen molar-refractivity contribution >= 4 is 39.9 Å². The molecule has 1 N–H and O–H groups in total. The minimum absolute atomic E-state index is 0.115. The lowest BCUT2D eigenvalue weighted by Crippen LogP contribution is -2.29. The van der Waals surface area contributed by atoms with Crippen LogP contribution in [0.15, 0.2) is 48.0 Å². The first-order chi connectivity index (χ1) is 21.2. The minimum Gasteiger partial charge on any atom is -0.507 e. The van der Waals surface area contributed by atoms with Crippen molar-refractivity contribution in [3.05, 3.63) is 69.7 Å². The molecule has 2 aromatic carbocycles. The third-order valence-electron chi connectivity index (χ3n) is 7.19. The van der Waals surface area contributed by atoms with E-state index in [1.54, 1.807) is 49.4 Å². The highest BCUT2D eigenvalue weighted by molar-refractivity contribution is 7.17. The first-order valence-corrected chi connectivity index (χ1v) is 15.5. The molecule has 234 valence electrons. The van der Waals surface area contributed by atoms with E-state index in [2.05, 4.69) is 18.8 Å². The first-order valence-electron chi connectivity index (χ1n) is 14.7. The number of carbonyl (C=O) groups excluding carboxylic acids is 3. The number of unbranched alkanes of at least 4 members (excludes halogenated alkanes) is 3. The number of hydrogen-bond acceptors (Lipinski definition) is 10. The number of aromatic nitrogens is 1. The molecule has 11 heteroatoms. The lowest BCUT2D eigenvalue weighted by Gasteiger charge is -2.24. The van der Waals surface area contributed by atoms with Crippen LogP contribution >= 0.6 is 11.3 Å². The predicted octanol–water partition coefficient (Wildman–Crippen LogP) is 6.62. The molecule has 10 nitrogen and oxygen atoms in total. The monoisotopic (exact) mass is 622 g/mol. The van der Waals surface area contributed by atoms with Gasteiger partial charge in [-0.15, -0.1) is 0 Å². The van der Waals surface area contributed by atoms with Crippen molar-refractivity contribution in [1.82, 2.24) is 4.98 Å². The summed E-state index contributed by atoms with van der Waals surface area (Å²) in [4.78, 5) is 45.6. The Morgan fingerprint density at radius 3 is 2.43 bits per heavy atom. The SMILES string of the molecule is CCCCCOc1ccc(C2/C(=C(\O)c3cccc(OCCCC)c3)C(=O)C(=O)N2c2nc(C)c(C(=O)OC)s2)cc1OC. The van der Waals surface area contributed by atoms with Gasteiger partial charge < -0.3 is 24.1 Å². The Balaban J connectivity index is 1.85. The molecule has 1 fully saturated rings. The van der Waals surface area contributed by atoms with Crippen molar-refractivity contribution in [2.45, 2.75) is 58.9 Å². The van der Waals surface area contributed by atoms with E-state index in [1.165, 1.54) is 19.1 Å². The second-order valence-electron chi connectivity index (χ2n) is 10.3. The smallest absolute Gasteiger partial charge is 0.350 e. The Hall–Kier alpha value is -4.38. The summed E-state index contributed by atoms with van der Waals surface area (Å²) in [5.74, 6) is -1.31. The summed E-state index contributed by atoms with van der Waals surface area (Å²) in [5.41, 5.74) is 1.01. The zero-order valence-electron chi connectivity index (χ0n) is 25.7. The van der Waals surface area contributed by atoms with E-state index in [-0.39, 0.29) is 21.3 Å². The van der Waals surface area contributed by atoms with Gasteiger partial charge in [-0.25, -0.2) is 9.78 Å². The normalized spacial score (nSPS) is 15.8. The Labute approximate surface area is 261 Å². The number of methoxy groups -OCH3 is 2. The van der Waals surface area contributed by atoms with E-state index < -0.39 is 23.7 Å². The Morgan fingerprint density at radius 1 is 0.977 bits per heavy atom. The molecular weight excluding hydrogens is 584 g/mol. The van der Waals surface area contributed by atoms with Crippen molar-refractivity contribution in [2.24, 2.45) is 0 Å². The maximum atomic E-state index is 13.7. The van der Waals surface area contributed by atoms with Gasteiger partial charge in [0.1, 0.15) is 16.4 Å². The van der Waals surface area contributed by atoms with Gasteiger partial charge in [-0.2, -0.15) is 0 Å². The number of ketones is 1. The number of ether oxygens (including phenoxy) is 4. The van der Waals surface area contributed by atoms with Crippen molar-refractivity contribution in [2.75, 3.05) is 32.3 Å². The van der Waals surface area contributed by atoms with Gasteiger partial charge >= 0.3 is 11.9 Å². The Bertz CT molecular complexity index is 1550. The van der Waals surface area contributed by atoms with Crippen LogP contribution in [0.5, 0.6) is 17.2 Å². The van der Waals surface area contributed by atoms with E-state index in [4.69, 9.17) is 18.9 Å². The molecule has 2 heterocycles. The zero-order valence-corrected chi connectivity index (χ0v) is 26.5. The van der Waals surface area contributed by atoms with Gasteiger partial charge in [0, 0.05) is 5.56 Å². The van der Waals surface area contributed by atoms with Gasteiger partial charge in [0.05, 0.1) is 44.7 Å². The summed E-state index contributed by atoms with van der Waals surface area (Å²) in [7, 11) is 2.76. The summed E-state index contributed by atoms with van der Waals surface area (Å²) < 4.78 is 22.3. The molecule has 3 aromatic rings. The second-order valence-corrected chi connectivity index (χ2v) is 11.2. The van der Waals surface area contributed by atoms with E-state index in [9.17, 15) is 19.5 Å². The molecule has 0 radical (unpaired) electrons. The molecule has 1 aliphatic rings. The summed E-state index contributed by atoms with van der Waals surface area (Å²) in [6.45, 7) is 6.80. The number of aryl methyl sites for hydroxylation is 1. The molecule has 1 unspecified atom stereocenters. The van der Waals surface area contributed by atoms with Gasteiger partial charge in [0.15, 0.2) is 16.6 Å². The molecule has 1 aliphatic heterocycles. The van der Waals surface area contributed by atoms with Crippen LogP contribution < -0.4 is 19.1 Å². The molecule has 4 rings (SSSR count).